The molecule has 1 aliphatic rings. The van der Waals surface area contributed by atoms with E-state index in [1.165, 1.54) is 0 Å². The lowest BCUT2D eigenvalue weighted by Gasteiger charge is -2.20. The quantitative estimate of drug-likeness (QED) is 0.353. The molecule has 104 valence electrons. The summed E-state index contributed by atoms with van der Waals surface area (Å²) in [6, 6.07) is 0. The minimum atomic E-state index is -2.52. The SMILES string of the molecule is C=C(C)CN=C(N)NCC1CCCCC(F)(F)C1. The van der Waals surface area contributed by atoms with Gasteiger partial charge in [-0.1, -0.05) is 18.6 Å². The van der Waals surface area contributed by atoms with Gasteiger partial charge < -0.3 is 11.1 Å². The van der Waals surface area contributed by atoms with E-state index in [1.807, 2.05) is 6.92 Å². The monoisotopic (exact) mass is 259 g/mol. The highest BCUT2D eigenvalue weighted by atomic mass is 19.3. The van der Waals surface area contributed by atoms with Gasteiger partial charge in [0, 0.05) is 19.4 Å². The van der Waals surface area contributed by atoms with Gasteiger partial charge in [-0.2, -0.15) is 0 Å². The fourth-order valence-electron chi connectivity index (χ4n) is 2.14. The van der Waals surface area contributed by atoms with Gasteiger partial charge in [0.2, 0.25) is 5.92 Å². The Labute approximate surface area is 108 Å². The van der Waals surface area contributed by atoms with Gasteiger partial charge in [-0.3, -0.25) is 0 Å². The molecule has 0 saturated heterocycles. The van der Waals surface area contributed by atoms with E-state index in [0.29, 0.717) is 25.5 Å². The lowest BCUT2D eigenvalue weighted by Crippen LogP contribution is -2.36. The van der Waals surface area contributed by atoms with Crippen molar-refractivity contribution < 1.29 is 8.78 Å². The van der Waals surface area contributed by atoms with E-state index < -0.39 is 5.92 Å². The summed E-state index contributed by atoms with van der Waals surface area (Å²) in [4.78, 5) is 4.06. The maximum Gasteiger partial charge on any atom is 0.248 e. The van der Waals surface area contributed by atoms with Crippen LogP contribution in [0.2, 0.25) is 0 Å². The van der Waals surface area contributed by atoms with E-state index in [0.717, 1.165) is 18.4 Å². The molecular formula is C13H23F2N3. The van der Waals surface area contributed by atoms with Crippen LogP contribution in [0.5, 0.6) is 0 Å². The van der Waals surface area contributed by atoms with Gasteiger partial charge in [-0.15, -0.1) is 0 Å². The predicted molar refractivity (Wildman–Crippen MR) is 70.8 cm³/mol. The van der Waals surface area contributed by atoms with Gasteiger partial charge in [0.1, 0.15) is 0 Å². The third-order valence-electron chi connectivity index (χ3n) is 3.08. The fourth-order valence-corrected chi connectivity index (χ4v) is 2.14. The molecule has 0 aliphatic heterocycles. The molecule has 0 aromatic rings. The van der Waals surface area contributed by atoms with Crippen molar-refractivity contribution in [3.63, 3.8) is 0 Å². The molecule has 0 amide bonds. The summed E-state index contributed by atoms with van der Waals surface area (Å²) < 4.78 is 26.8. The van der Waals surface area contributed by atoms with E-state index in [1.54, 1.807) is 0 Å². The van der Waals surface area contributed by atoms with Gasteiger partial charge in [-0.25, -0.2) is 13.8 Å². The van der Waals surface area contributed by atoms with Gasteiger partial charge >= 0.3 is 0 Å². The molecule has 1 unspecified atom stereocenters. The Kier molecular flexibility index (Phi) is 5.56. The summed E-state index contributed by atoms with van der Waals surface area (Å²) in [5.41, 5.74) is 6.57. The number of nitrogens with one attached hydrogen (secondary N) is 1. The van der Waals surface area contributed by atoms with Crippen molar-refractivity contribution in [1.82, 2.24) is 5.32 Å². The average molecular weight is 259 g/mol. The molecule has 0 aromatic heterocycles. The molecule has 1 aliphatic carbocycles. The first-order chi connectivity index (χ1) is 8.39. The van der Waals surface area contributed by atoms with Crippen LogP contribution in [-0.2, 0) is 0 Å². The van der Waals surface area contributed by atoms with E-state index in [2.05, 4.69) is 16.9 Å². The first-order valence-corrected chi connectivity index (χ1v) is 6.45. The molecule has 0 radical (unpaired) electrons. The zero-order valence-corrected chi connectivity index (χ0v) is 11.0. The second-order valence-electron chi connectivity index (χ2n) is 5.21. The van der Waals surface area contributed by atoms with Crippen LogP contribution in [0.3, 0.4) is 0 Å². The molecule has 0 spiro atoms. The van der Waals surface area contributed by atoms with Crippen LogP contribution in [0.15, 0.2) is 17.1 Å². The molecule has 1 atom stereocenters. The zero-order chi connectivity index (χ0) is 13.6. The number of alkyl halides is 2. The van der Waals surface area contributed by atoms with E-state index in [9.17, 15) is 8.78 Å². The minimum absolute atomic E-state index is 0.0166. The van der Waals surface area contributed by atoms with Crippen LogP contribution in [0.1, 0.15) is 39.0 Å². The van der Waals surface area contributed by atoms with Crippen molar-refractivity contribution in [3.05, 3.63) is 12.2 Å². The third kappa shape index (κ3) is 5.98. The van der Waals surface area contributed by atoms with Crippen LogP contribution >= 0.6 is 0 Å². The van der Waals surface area contributed by atoms with Crippen molar-refractivity contribution in [2.75, 3.05) is 13.1 Å². The van der Waals surface area contributed by atoms with Crippen molar-refractivity contribution in [3.8, 4) is 0 Å². The molecule has 0 aromatic carbocycles. The summed E-state index contributed by atoms with van der Waals surface area (Å²) in [6.07, 6.45) is 2.28. The summed E-state index contributed by atoms with van der Waals surface area (Å²) in [7, 11) is 0. The Balaban J connectivity index is 2.37. The molecule has 3 N–H and O–H groups in total. The molecule has 5 heteroatoms. The molecule has 0 bridgehead atoms. The van der Waals surface area contributed by atoms with Crippen LogP contribution < -0.4 is 11.1 Å². The minimum Gasteiger partial charge on any atom is -0.370 e. The first kappa shape index (κ1) is 14.9. The number of guanidine groups is 1. The normalized spacial score (nSPS) is 24.4. The molecule has 0 heterocycles. The van der Waals surface area contributed by atoms with Crippen LogP contribution in [0, 0.1) is 5.92 Å². The number of hydrogen-bond donors (Lipinski definition) is 2. The highest BCUT2D eigenvalue weighted by Crippen LogP contribution is 2.34. The number of nitrogens with zero attached hydrogens (tertiary/aromatic N) is 1. The van der Waals surface area contributed by atoms with Crippen LogP contribution in [0.4, 0.5) is 8.78 Å². The van der Waals surface area contributed by atoms with Gasteiger partial charge in [0.05, 0.1) is 6.54 Å². The van der Waals surface area contributed by atoms with Crippen molar-refractivity contribution in [1.29, 1.82) is 0 Å². The molecule has 1 fully saturated rings. The van der Waals surface area contributed by atoms with Crippen molar-refractivity contribution in [2.45, 2.75) is 45.0 Å². The zero-order valence-electron chi connectivity index (χ0n) is 11.0. The Morgan fingerprint density at radius 3 is 2.89 bits per heavy atom. The van der Waals surface area contributed by atoms with Gasteiger partial charge in [0.15, 0.2) is 5.96 Å². The van der Waals surface area contributed by atoms with E-state index >= 15 is 0 Å². The number of halogens is 2. The average Bonchev–Trinajstić information content (AvgIpc) is 2.44. The summed E-state index contributed by atoms with van der Waals surface area (Å²) >= 11 is 0. The third-order valence-corrected chi connectivity index (χ3v) is 3.08. The Hall–Kier alpha value is -1.13. The molecule has 1 saturated carbocycles. The maximum absolute atomic E-state index is 13.4. The van der Waals surface area contributed by atoms with Crippen molar-refractivity contribution in [2.24, 2.45) is 16.6 Å². The predicted octanol–water partition coefficient (Wildman–Crippen LogP) is 2.68. The Morgan fingerprint density at radius 1 is 1.50 bits per heavy atom. The summed E-state index contributed by atoms with van der Waals surface area (Å²) in [5.74, 6) is -2.24. The molecule has 1 rings (SSSR count). The van der Waals surface area contributed by atoms with Crippen LogP contribution in [-0.4, -0.2) is 25.0 Å². The topological polar surface area (TPSA) is 50.4 Å². The number of nitrogens with two attached hydrogens (primary N) is 1. The lowest BCUT2D eigenvalue weighted by molar-refractivity contribution is -0.0245. The second kappa shape index (κ2) is 6.71. The Morgan fingerprint density at radius 2 is 2.22 bits per heavy atom. The van der Waals surface area contributed by atoms with E-state index in [-0.39, 0.29) is 18.8 Å². The highest BCUT2D eigenvalue weighted by molar-refractivity contribution is 5.77. The first-order valence-electron chi connectivity index (χ1n) is 6.45. The smallest absolute Gasteiger partial charge is 0.248 e. The second-order valence-corrected chi connectivity index (χ2v) is 5.21. The maximum atomic E-state index is 13.4. The molecular weight excluding hydrogens is 236 g/mol. The number of aliphatic imine (C=N–C) groups is 1. The molecule has 3 nitrogen and oxygen atoms in total. The van der Waals surface area contributed by atoms with E-state index in [4.69, 9.17) is 5.73 Å². The standard InChI is InChI=1S/C13H23F2N3/c1-10(2)8-17-12(16)18-9-11-5-3-4-6-13(14,15)7-11/h11H,1,3-9H2,2H3,(H3,16,17,18). The highest BCUT2D eigenvalue weighted by Gasteiger charge is 2.34. The van der Waals surface area contributed by atoms with Crippen LogP contribution in [0.25, 0.3) is 0 Å². The lowest BCUT2D eigenvalue weighted by atomic mass is 9.99. The summed E-state index contributed by atoms with van der Waals surface area (Å²) in [5, 5.41) is 2.93. The summed E-state index contributed by atoms with van der Waals surface area (Å²) in [6.45, 7) is 6.53. The molecule has 18 heavy (non-hydrogen) atoms. The van der Waals surface area contributed by atoms with Gasteiger partial charge in [0.25, 0.3) is 0 Å². The largest absolute Gasteiger partial charge is 0.370 e. The number of hydrogen-bond acceptors (Lipinski definition) is 1. The fraction of sp³-hybridized carbons (Fsp3) is 0.769. The Bertz CT molecular complexity index is 313. The number of rotatable bonds is 4. The van der Waals surface area contributed by atoms with Crippen molar-refractivity contribution >= 4 is 5.96 Å². The van der Waals surface area contributed by atoms with Gasteiger partial charge in [-0.05, 0) is 25.7 Å².